The Bertz CT molecular complexity index is 2580. The zero-order chi connectivity index (χ0) is 45.2. The predicted octanol–water partition coefficient (Wildman–Crippen LogP) is 7.01. The lowest BCUT2D eigenvalue weighted by molar-refractivity contribution is -0.107. The van der Waals surface area contributed by atoms with Crippen LogP contribution >= 0.6 is 12.1 Å². The molecule has 2 saturated carbocycles. The normalized spacial score (nSPS) is 21.6. The minimum Gasteiger partial charge on any atom is -0.453 e. The lowest BCUT2D eigenvalue weighted by Crippen LogP contribution is -2.68. The molecule has 15 nitrogen and oxygen atoms in total. The SMILES string of the molecule is CNC(=O)N(CCC=O)c1nn(C)c2cc(N3CC4(CC(N5CCC6(CC5)CC(N5CNc7ccc(Oc8c(F)ccc(NSN9CCC(F)C9)c8C#N)cc7C5=O)C6)C4)C3)c(F)cc12. The fraction of sp³-hybridized carbons (Fsp3) is 0.500. The Morgan fingerprint density at radius 1 is 1.06 bits per heavy atom. The molecule has 3 amide bonds. The molecule has 1 aromatic heterocycles. The first-order valence-corrected chi connectivity index (χ1v) is 23.2. The third-order valence-electron chi connectivity index (χ3n) is 14.7. The lowest BCUT2D eigenvalue weighted by Gasteiger charge is -2.63. The maximum Gasteiger partial charge on any atom is 0.322 e. The van der Waals surface area contributed by atoms with Gasteiger partial charge in [-0.15, -0.1) is 0 Å². The molecule has 342 valence electrons. The van der Waals surface area contributed by atoms with Gasteiger partial charge in [0.2, 0.25) is 0 Å². The summed E-state index contributed by atoms with van der Waals surface area (Å²) in [6, 6.07) is 13.2. The van der Waals surface area contributed by atoms with E-state index < -0.39 is 18.0 Å². The highest BCUT2D eigenvalue weighted by Gasteiger charge is 2.56. The summed E-state index contributed by atoms with van der Waals surface area (Å²) in [5.74, 6) is -0.879. The van der Waals surface area contributed by atoms with Crippen LogP contribution in [0.4, 0.5) is 40.8 Å². The first-order chi connectivity index (χ1) is 31.4. The Balaban J connectivity index is 0.713. The van der Waals surface area contributed by atoms with Gasteiger partial charge in [-0.2, -0.15) is 10.4 Å². The maximum atomic E-state index is 15.7. The topological polar surface area (TPSA) is 154 Å². The number of benzene rings is 3. The number of piperidine rings is 1. The number of amides is 3. The van der Waals surface area contributed by atoms with Crippen molar-refractivity contribution in [2.75, 3.05) is 79.4 Å². The van der Waals surface area contributed by atoms with E-state index in [2.05, 4.69) is 30.3 Å². The standard InChI is InChI=1S/C46H52F3N11O4S/c1-51-44(63)59(11-3-15-61)42-33-17-36(49)40(18-39(33)55(2)53-42)57-25-46(26-57)19-29(20-46)56-13-9-45(10-14-56)21-30(22-45)60-27-52-37-6-4-31(16-32(37)43(60)62)64-41-34(23-50)38(7-5-35(41)48)54-65-58-12-8-28(47)24-58/h4-7,15-18,28-30,52,54H,3,8-14,19-22,24-27H2,1-2H3,(H,51,63). The average molecular weight is 912 g/mol. The number of halogens is 3. The van der Waals surface area contributed by atoms with E-state index in [1.54, 1.807) is 29.9 Å². The number of likely N-dealkylation sites (tertiary alicyclic amines) is 1. The van der Waals surface area contributed by atoms with E-state index in [1.807, 2.05) is 21.3 Å². The number of urea groups is 1. The number of alkyl halides is 1. The smallest absolute Gasteiger partial charge is 0.322 e. The number of fused-ring (bicyclic) bond motifs is 2. The van der Waals surface area contributed by atoms with Crippen LogP contribution in [0.2, 0.25) is 0 Å². The van der Waals surface area contributed by atoms with Gasteiger partial charge in [0.25, 0.3) is 5.91 Å². The van der Waals surface area contributed by atoms with Gasteiger partial charge in [-0.25, -0.2) is 22.3 Å². The van der Waals surface area contributed by atoms with E-state index in [0.29, 0.717) is 65.0 Å². The van der Waals surface area contributed by atoms with E-state index in [-0.39, 0.29) is 65.2 Å². The molecule has 3 saturated heterocycles. The lowest BCUT2D eigenvalue weighted by atomic mass is 9.57. The number of aryl methyl sites for hydroxylation is 1. The van der Waals surface area contributed by atoms with Crippen LogP contribution in [0.15, 0.2) is 42.5 Å². The number of rotatable bonds is 12. The number of nitrogens with zero attached hydrogens (tertiary/aromatic N) is 8. The van der Waals surface area contributed by atoms with Crippen LogP contribution in [-0.2, 0) is 11.8 Å². The summed E-state index contributed by atoms with van der Waals surface area (Å²) >= 11 is 1.17. The number of hydrogen-bond acceptors (Lipinski definition) is 12. The molecule has 4 aliphatic heterocycles. The van der Waals surface area contributed by atoms with Gasteiger partial charge in [-0.05, 0) is 106 Å². The Morgan fingerprint density at radius 2 is 1.83 bits per heavy atom. The quantitative estimate of drug-likeness (QED) is 0.0991. The fourth-order valence-corrected chi connectivity index (χ4v) is 11.9. The minimum absolute atomic E-state index is 0.0278. The average Bonchev–Trinajstić information content (AvgIpc) is 3.83. The van der Waals surface area contributed by atoms with Crippen molar-refractivity contribution in [1.29, 1.82) is 5.26 Å². The number of ether oxygens (including phenoxy) is 1. The maximum absolute atomic E-state index is 15.7. The number of carbonyl (C=O) groups excluding carboxylic acids is 3. The van der Waals surface area contributed by atoms with Crippen molar-refractivity contribution in [2.45, 2.75) is 69.6 Å². The largest absolute Gasteiger partial charge is 0.453 e. The zero-order valence-corrected chi connectivity index (χ0v) is 37.2. The van der Waals surface area contributed by atoms with Gasteiger partial charge in [-0.1, -0.05) is 0 Å². The summed E-state index contributed by atoms with van der Waals surface area (Å²) in [4.78, 5) is 45.7. The Morgan fingerprint density at radius 3 is 2.54 bits per heavy atom. The molecule has 10 rings (SSSR count). The monoisotopic (exact) mass is 911 g/mol. The predicted molar refractivity (Wildman–Crippen MR) is 242 cm³/mol. The molecule has 65 heavy (non-hydrogen) atoms. The number of carbonyl (C=O) groups is 3. The van der Waals surface area contributed by atoms with Gasteiger partial charge in [0, 0.05) is 93.9 Å². The van der Waals surface area contributed by atoms with Crippen molar-refractivity contribution >= 4 is 64.1 Å². The number of nitrogens with one attached hydrogen (secondary N) is 3. The Hall–Kier alpha value is -5.71. The molecular weight excluding hydrogens is 860 g/mol. The second-order valence-corrected chi connectivity index (χ2v) is 19.6. The van der Waals surface area contributed by atoms with E-state index in [1.165, 1.54) is 42.3 Å². The third-order valence-corrected chi connectivity index (χ3v) is 15.6. The van der Waals surface area contributed by atoms with Crippen molar-refractivity contribution < 1.29 is 32.3 Å². The molecule has 5 heterocycles. The number of hydrogen-bond donors (Lipinski definition) is 3. The summed E-state index contributed by atoms with van der Waals surface area (Å²) in [5.41, 5.74) is 3.05. The molecule has 5 fully saturated rings. The van der Waals surface area contributed by atoms with Crippen LogP contribution in [0.25, 0.3) is 10.9 Å². The molecule has 3 aromatic carbocycles. The Kier molecular flexibility index (Phi) is 11.3. The molecule has 1 atom stereocenters. The van der Waals surface area contributed by atoms with Gasteiger partial charge >= 0.3 is 6.03 Å². The van der Waals surface area contributed by atoms with Gasteiger partial charge < -0.3 is 39.6 Å². The molecule has 3 N–H and O–H groups in total. The minimum atomic E-state index is -0.906. The molecule has 1 unspecified atom stereocenters. The number of nitriles is 1. The van der Waals surface area contributed by atoms with E-state index in [4.69, 9.17) is 4.74 Å². The fourth-order valence-electron chi connectivity index (χ4n) is 11.1. The summed E-state index contributed by atoms with van der Waals surface area (Å²) < 4.78 is 57.1. The van der Waals surface area contributed by atoms with Crippen LogP contribution < -0.4 is 29.9 Å². The van der Waals surface area contributed by atoms with Crippen molar-refractivity contribution in [3.8, 4) is 17.6 Å². The first-order valence-electron chi connectivity index (χ1n) is 22.4. The third kappa shape index (κ3) is 7.86. The molecule has 0 radical (unpaired) electrons. The molecule has 2 spiro atoms. The van der Waals surface area contributed by atoms with Crippen molar-refractivity contribution in [1.82, 2.24) is 29.2 Å². The molecule has 4 aromatic rings. The summed E-state index contributed by atoms with van der Waals surface area (Å²) in [6.07, 6.45) is 6.63. The van der Waals surface area contributed by atoms with Gasteiger partial charge in [0.1, 0.15) is 35.7 Å². The van der Waals surface area contributed by atoms with Crippen LogP contribution in [-0.4, -0.2) is 120 Å². The van der Waals surface area contributed by atoms with Gasteiger partial charge in [0.15, 0.2) is 17.4 Å². The van der Waals surface area contributed by atoms with Crippen LogP contribution in [0.1, 0.15) is 67.3 Å². The van der Waals surface area contributed by atoms with Crippen LogP contribution in [0.5, 0.6) is 11.5 Å². The highest BCUT2D eigenvalue weighted by Crippen LogP contribution is 2.56. The molecule has 0 bridgehead atoms. The van der Waals surface area contributed by atoms with E-state index in [0.717, 1.165) is 71.0 Å². The zero-order valence-electron chi connectivity index (χ0n) is 36.4. The van der Waals surface area contributed by atoms with Crippen LogP contribution in [0, 0.1) is 33.8 Å². The summed E-state index contributed by atoms with van der Waals surface area (Å²) in [6.45, 7) is 4.98. The molecule has 19 heteroatoms. The summed E-state index contributed by atoms with van der Waals surface area (Å²) in [7, 11) is 3.28. The molecule has 2 aliphatic carbocycles. The highest BCUT2D eigenvalue weighted by molar-refractivity contribution is 7.98. The number of aldehydes is 1. The number of aromatic nitrogens is 2. The highest BCUT2D eigenvalue weighted by atomic mass is 32.2. The Labute approximate surface area is 379 Å². The second kappa shape index (κ2) is 16.9. The summed E-state index contributed by atoms with van der Waals surface area (Å²) in [5, 5.41) is 21.0. The van der Waals surface area contributed by atoms with E-state index >= 15 is 8.78 Å². The van der Waals surface area contributed by atoms with Crippen LogP contribution in [0.3, 0.4) is 0 Å². The van der Waals surface area contributed by atoms with Crippen molar-refractivity contribution in [3.05, 3.63) is 65.2 Å². The van der Waals surface area contributed by atoms with Gasteiger partial charge in [-0.3, -0.25) is 14.4 Å². The molecule has 6 aliphatic rings. The second-order valence-electron chi connectivity index (χ2n) is 18.7. The van der Waals surface area contributed by atoms with E-state index in [9.17, 15) is 24.0 Å². The van der Waals surface area contributed by atoms with Gasteiger partial charge in [0.05, 0.1) is 29.1 Å². The van der Waals surface area contributed by atoms with Crippen molar-refractivity contribution in [3.63, 3.8) is 0 Å². The molecular formula is C46H52F3N11O4S. The first kappa shape index (κ1) is 43.2. The number of anilines is 4. The van der Waals surface area contributed by atoms with Crippen molar-refractivity contribution in [2.24, 2.45) is 17.9 Å².